The van der Waals surface area contributed by atoms with Crippen LogP contribution in [-0.2, 0) is 17.8 Å². The largest absolute Gasteiger partial charge is 0.362 e. The number of nitrogens with two attached hydrogens (primary N) is 1. The summed E-state index contributed by atoms with van der Waals surface area (Å²) in [6.45, 7) is 1.23. The van der Waals surface area contributed by atoms with Crippen molar-refractivity contribution >= 4 is 17.8 Å². The third-order valence-corrected chi connectivity index (χ3v) is 4.35. The molecular weight excluding hydrogens is 346 g/mol. The fraction of sp³-hybridized carbons (Fsp3) is 0.389. The Kier molecular flexibility index (Phi) is 5.49. The van der Waals surface area contributed by atoms with Gasteiger partial charge in [0.05, 0.1) is 12.2 Å². The van der Waals surface area contributed by atoms with Gasteiger partial charge >= 0.3 is 6.03 Å². The van der Waals surface area contributed by atoms with Crippen molar-refractivity contribution < 1.29 is 9.59 Å². The number of urea groups is 1. The van der Waals surface area contributed by atoms with Crippen LogP contribution in [0.15, 0.2) is 24.4 Å². The lowest BCUT2D eigenvalue weighted by Gasteiger charge is -2.30. The van der Waals surface area contributed by atoms with Gasteiger partial charge in [0.2, 0.25) is 5.91 Å². The van der Waals surface area contributed by atoms with Gasteiger partial charge in [-0.1, -0.05) is 6.07 Å². The Morgan fingerprint density at radius 2 is 2.11 bits per heavy atom. The second-order valence-corrected chi connectivity index (χ2v) is 6.51. The van der Waals surface area contributed by atoms with E-state index >= 15 is 0 Å². The van der Waals surface area contributed by atoms with Crippen LogP contribution in [0.3, 0.4) is 0 Å². The third-order valence-electron chi connectivity index (χ3n) is 4.35. The number of hydrogen-bond acceptors (Lipinski definition) is 6. The molecule has 0 spiro atoms. The topological polar surface area (TPSA) is 117 Å². The van der Waals surface area contributed by atoms with E-state index in [0.717, 1.165) is 17.1 Å². The minimum atomic E-state index is -0.629. The summed E-state index contributed by atoms with van der Waals surface area (Å²) in [6.07, 6.45) is 2.59. The molecule has 9 nitrogen and oxygen atoms in total. The quantitative estimate of drug-likeness (QED) is 0.795. The number of anilines is 1. The van der Waals surface area contributed by atoms with Crippen LogP contribution in [-0.4, -0.2) is 59.0 Å². The summed E-state index contributed by atoms with van der Waals surface area (Å²) >= 11 is 0. The number of amides is 3. The molecule has 142 valence electrons. The molecule has 3 rings (SSSR count). The summed E-state index contributed by atoms with van der Waals surface area (Å²) < 4.78 is 0. The van der Waals surface area contributed by atoms with Crippen molar-refractivity contribution in [3.05, 3.63) is 35.7 Å². The van der Waals surface area contributed by atoms with Gasteiger partial charge in [-0.15, -0.1) is 0 Å². The number of nitrogens with one attached hydrogen (secondary N) is 1. The van der Waals surface area contributed by atoms with E-state index in [1.54, 1.807) is 11.1 Å². The summed E-state index contributed by atoms with van der Waals surface area (Å²) in [4.78, 5) is 40.6. The molecule has 0 aromatic carbocycles. The van der Waals surface area contributed by atoms with Gasteiger partial charge in [0, 0.05) is 45.4 Å². The zero-order valence-corrected chi connectivity index (χ0v) is 15.5. The lowest BCUT2D eigenvalue weighted by molar-refractivity contribution is -0.132. The molecule has 0 atom stereocenters. The molecule has 9 heteroatoms. The van der Waals surface area contributed by atoms with Crippen molar-refractivity contribution in [2.45, 2.75) is 19.4 Å². The number of rotatable bonds is 5. The number of carbonyl (C=O) groups excluding carboxylic acids is 2. The van der Waals surface area contributed by atoms with E-state index in [1.165, 1.54) is 0 Å². The highest BCUT2D eigenvalue weighted by atomic mass is 16.2. The molecule has 0 saturated carbocycles. The molecule has 0 unspecified atom stereocenters. The highest BCUT2D eigenvalue weighted by Crippen LogP contribution is 2.28. The molecule has 1 aliphatic heterocycles. The second kappa shape index (κ2) is 7.98. The number of primary amides is 1. The van der Waals surface area contributed by atoms with E-state index in [4.69, 9.17) is 5.73 Å². The SMILES string of the molecule is CN(C)c1nc(-c2ccccn2)nc2c1CCN(C(=O)CCNC(N)=O)C2. The summed E-state index contributed by atoms with van der Waals surface area (Å²) in [6, 6.07) is 4.97. The Morgan fingerprint density at radius 1 is 1.30 bits per heavy atom. The van der Waals surface area contributed by atoms with Crippen LogP contribution in [0.2, 0.25) is 0 Å². The molecule has 3 N–H and O–H groups in total. The predicted molar refractivity (Wildman–Crippen MR) is 101 cm³/mol. The van der Waals surface area contributed by atoms with E-state index in [1.807, 2.05) is 37.2 Å². The fourth-order valence-corrected chi connectivity index (χ4v) is 3.05. The van der Waals surface area contributed by atoms with E-state index in [0.29, 0.717) is 31.0 Å². The van der Waals surface area contributed by atoms with Crippen molar-refractivity contribution in [1.29, 1.82) is 0 Å². The van der Waals surface area contributed by atoms with Crippen LogP contribution in [0.25, 0.3) is 11.5 Å². The summed E-state index contributed by atoms with van der Waals surface area (Å²) in [5.41, 5.74) is 7.61. The molecule has 2 aromatic heterocycles. The molecule has 3 amide bonds. The number of carbonyl (C=O) groups is 2. The maximum Gasteiger partial charge on any atom is 0.312 e. The monoisotopic (exact) mass is 369 g/mol. The van der Waals surface area contributed by atoms with Gasteiger partial charge in [-0.3, -0.25) is 9.78 Å². The third kappa shape index (κ3) is 4.30. The predicted octanol–water partition coefficient (Wildman–Crippen LogP) is 0.548. The molecule has 0 aliphatic carbocycles. The molecule has 0 saturated heterocycles. The number of pyridine rings is 1. The van der Waals surface area contributed by atoms with Crippen molar-refractivity contribution in [1.82, 2.24) is 25.2 Å². The number of nitrogens with zero attached hydrogens (tertiary/aromatic N) is 5. The lowest BCUT2D eigenvalue weighted by Crippen LogP contribution is -2.39. The zero-order chi connectivity index (χ0) is 19.4. The van der Waals surface area contributed by atoms with Crippen molar-refractivity contribution in [3.63, 3.8) is 0 Å². The minimum absolute atomic E-state index is 0.0428. The van der Waals surface area contributed by atoms with Gasteiger partial charge in [-0.25, -0.2) is 14.8 Å². The van der Waals surface area contributed by atoms with Crippen LogP contribution in [0, 0.1) is 0 Å². The minimum Gasteiger partial charge on any atom is -0.362 e. The average molecular weight is 369 g/mol. The molecule has 2 aromatic rings. The highest BCUT2D eigenvalue weighted by molar-refractivity contribution is 5.78. The van der Waals surface area contributed by atoms with Crippen LogP contribution in [0.4, 0.5) is 10.6 Å². The lowest BCUT2D eigenvalue weighted by atomic mass is 10.0. The Hall–Kier alpha value is -3.23. The molecule has 0 bridgehead atoms. The molecule has 0 radical (unpaired) electrons. The summed E-state index contributed by atoms with van der Waals surface area (Å²) in [7, 11) is 3.88. The van der Waals surface area contributed by atoms with Gasteiger partial charge in [0.1, 0.15) is 11.5 Å². The smallest absolute Gasteiger partial charge is 0.312 e. The zero-order valence-electron chi connectivity index (χ0n) is 15.5. The van der Waals surface area contributed by atoms with E-state index in [9.17, 15) is 9.59 Å². The van der Waals surface area contributed by atoms with Gasteiger partial charge in [0.15, 0.2) is 5.82 Å². The summed E-state index contributed by atoms with van der Waals surface area (Å²) in [5, 5.41) is 2.44. The maximum atomic E-state index is 12.4. The van der Waals surface area contributed by atoms with Crippen LogP contribution < -0.4 is 16.0 Å². The van der Waals surface area contributed by atoms with E-state index in [-0.39, 0.29) is 18.9 Å². The van der Waals surface area contributed by atoms with Crippen molar-refractivity contribution in [2.75, 3.05) is 32.1 Å². The molecule has 0 fully saturated rings. The summed E-state index contributed by atoms with van der Waals surface area (Å²) in [5.74, 6) is 1.35. The first-order valence-corrected chi connectivity index (χ1v) is 8.75. The van der Waals surface area contributed by atoms with Gasteiger partial charge in [-0.2, -0.15) is 0 Å². The second-order valence-electron chi connectivity index (χ2n) is 6.51. The Labute approximate surface area is 157 Å². The van der Waals surface area contributed by atoms with Gasteiger partial charge in [0.25, 0.3) is 0 Å². The number of fused-ring (bicyclic) bond motifs is 1. The molecule has 27 heavy (non-hydrogen) atoms. The Balaban J connectivity index is 1.85. The van der Waals surface area contributed by atoms with Crippen molar-refractivity contribution in [3.8, 4) is 11.5 Å². The Bertz CT molecular complexity index is 839. The van der Waals surface area contributed by atoms with Gasteiger partial charge < -0.3 is 20.9 Å². The average Bonchev–Trinajstić information content (AvgIpc) is 2.66. The van der Waals surface area contributed by atoms with Crippen LogP contribution >= 0.6 is 0 Å². The fourth-order valence-electron chi connectivity index (χ4n) is 3.05. The Morgan fingerprint density at radius 3 is 2.78 bits per heavy atom. The first-order valence-electron chi connectivity index (χ1n) is 8.75. The number of aromatic nitrogens is 3. The van der Waals surface area contributed by atoms with Crippen molar-refractivity contribution in [2.24, 2.45) is 5.73 Å². The van der Waals surface area contributed by atoms with Crippen LogP contribution in [0.1, 0.15) is 17.7 Å². The van der Waals surface area contributed by atoms with E-state index in [2.05, 4.69) is 20.3 Å². The van der Waals surface area contributed by atoms with Gasteiger partial charge in [-0.05, 0) is 18.6 Å². The maximum absolute atomic E-state index is 12.4. The first-order chi connectivity index (χ1) is 13.0. The molecule has 1 aliphatic rings. The normalized spacial score (nSPS) is 13.0. The first kappa shape index (κ1) is 18.6. The molecule has 3 heterocycles. The highest BCUT2D eigenvalue weighted by Gasteiger charge is 2.26. The molecular formula is C18H23N7O2. The van der Waals surface area contributed by atoms with E-state index < -0.39 is 6.03 Å². The van der Waals surface area contributed by atoms with Crippen LogP contribution in [0.5, 0.6) is 0 Å². The number of hydrogen-bond donors (Lipinski definition) is 2. The standard InChI is InChI=1S/C18H23N7O2/c1-24(2)17-12-7-10-25(15(26)6-9-21-18(19)27)11-14(12)22-16(23-17)13-5-3-4-8-20-13/h3-5,8H,6-7,9-11H2,1-2H3,(H3,19,21,27).